The molecule has 1 aliphatic rings. The molecule has 0 aliphatic heterocycles. The van der Waals surface area contributed by atoms with Crippen LogP contribution in [0.15, 0.2) is 54.7 Å². The first-order valence-electron chi connectivity index (χ1n) is 9.87. The molecular weight excluding hydrogens is 412 g/mol. The van der Waals surface area contributed by atoms with Gasteiger partial charge in [0.25, 0.3) is 0 Å². The molecule has 0 saturated heterocycles. The lowest BCUT2D eigenvalue weighted by atomic mass is 10.2. The smallest absolute Gasteiger partial charge is 0.421 e. The van der Waals surface area contributed by atoms with E-state index in [1.165, 1.54) is 25.0 Å². The van der Waals surface area contributed by atoms with E-state index in [0.29, 0.717) is 11.9 Å². The molecule has 3 aromatic rings. The van der Waals surface area contributed by atoms with Crippen LogP contribution in [-0.4, -0.2) is 16.1 Å². The number of anilines is 4. The molecule has 0 amide bonds. The maximum absolute atomic E-state index is 13.4. The Kier molecular flexibility index (Phi) is 5.92. The van der Waals surface area contributed by atoms with E-state index in [4.69, 9.17) is 4.74 Å². The van der Waals surface area contributed by atoms with E-state index < -0.39 is 23.4 Å². The van der Waals surface area contributed by atoms with E-state index in [0.717, 1.165) is 30.7 Å². The van der Waals surface area contributed by atoms with Crippen LogP contribution in [0.4, 0.5) is 40.7 Å². The van der Waals surface area contributed by atoms with E-state index in [1.54, 1.807) is 24.3 Å². The summed E-state index contributed by atoms with van der Waals surface area (Å²) >= 11 is 0. The van der Waals surface area contributed by atoms with Crippen molar-refractivity contribution in [2.45, 2.75) is 38.0 Å². The third-order valence-electron chi connectivity index (χ3n) is 4.92. The fraction of sp³-hybridized carbons (Fsp3) is 0.273. The van der Waals surface area contributed by atoms with Crippen molar-refractivity contribution in [1.82, 2.24) is 9.97 Å². The summed E-state index contributed by atoms with van der Waals surface area (Å²) in [5.41, 5.74) is -0.154. The normalized spacial score (nSPS) is 14.5. The molecule has 2 aromatic carbocycles. The van der Waals surface area contributed by atoms with E-state index in [-0.39, 0.29) is 17.7 Å². The molecule has 1 saturated carbocycles. The zero-order valence-corrected chi connectivity index (χ0v) is 16.4. The van der Waals surface area contributed by atoms with Gasteiger partial charge in [-0.15, -0.1) is 0 Å². The van der Waals surface area contributed by atoms with Crippen molar-refractivity contribution in [3.63, 3.8) is 0 Å². The summed E-state index contributed by atoms with van der Waals surface area (Å²) in [4.78, 5) is 7.77. The van der Waals surface area contributed by atoms with Crippen molar-refractivity contribution in [2.75, 3.05) is 10.6 Å². The molecule has 31 heavy (non-hydrogen) atoms. The van der Waals surface area contributed by atoms with Crippen LogP contribution in [0.1, 0.15) is 31.2 Å². The Labute approximate surface area is 176 Å². The van der Waals surface area contributed by atoms with Crippen molar-refractivity contribution in [1.29, 1.82) is 0 Å². The van der Waals surface area contributed by atoms with E-state index in [1.807, 2.05) is 0 Å². The van der Waals surface area contributed by atoms with Crippen LogP contribution < -0.4 is 15.4 Å². The SMILES string of the molecule is Fc1ccc(Nc2nc(Nc3ccc(OC4CCCC4)cc3)ncc2C(F)(F)F)cc1. The van der Waals surface area contributed by atoms with Crippen LogP contribution in [0.3, 0.4) is 0 Å². The predicted octanol–water partition coefficient (Wildman–Crippen LogP) is 6.44. The molecule has 1 aliphatic carbocycles. The zero-order valence-electron chi connectivity index (χ0n) is 16.4. The fourth-order valence-corrected chi connectivity index (χ4v) is 3.36. The minimum absolute atomic E-state index is 0.0120. The average Bonchev–Trinajstić information content (AvgIpc) is 3.24. The summed E-state index contributed by atoms with van der Waals surface area (Å²) in [6, 6.07) is 12.0. The number of nitrogens with one attached hydrogen (secondary N) is 2. The number of benzene rings is 2. The number of hydrogen-bond acceptors (Lipinski definition) is 5. The van der Waals surface area contributed by atoms with Crippen molar-refractivity contribution < 1.29 is 22.3 Å². The monoisotopic (exact) mass is 432 g/mol. The molecule has 0 spiro atoms. The molecule has 0 atom stereocenters. The van der Waals surface area contributed by atoms with Crippen molar-refractivity contribution in [3.8, 4) is 5.75 Å². The van der Waals surface area contributed by atoms with Gasteiger partial charge in [-0.1, -0.05) is 0 Å². The second kappa shape index (κ2) is 8.79. The van der Waals surface area contributed by atoms with Gasteiger partial charge in [-0.25, -0.2) is 9.37 Å². The van der Waals surface area contributed by atoms with Crippen LogP contribution in [0.25, 0.3) is 0 Å². The van der Waals surface area contributed by atoms with Crippen molar-refractivity contribution in [3.05, 3.63) is 66.1 Å². The topological polar surface area (TPSA) is 59.1 Å². The number of halogens is 4. The highest BCUT2D eigenvalue weighted by molar-refractivity contribution is 5.63. The third-order valence-corrected chi connectivity index (χ3v) is 4.92. The number of aromatic nitrogens is 2. The maximum atomic E-state index is 13.4. The first kappa shape index (κ1) is 20.9. The van der Waals surface area contributed by atoms with Crippen LogP contribution in [0.5, 0.6) is 5.75 Å². The number of hydrogen-bond donors (Lipinski definition) is 2. The summed E-state index contributed by atoms with van der Waals surface area (Å²) in [7, 11) is 0. The van der Waals surface area contributed by atoms with E-state index in [2.05, 4.69) is 20.6 Å². The molecule has 1 fully saturated rings. The standard InChI is InChI=1S/C22H20F4N4O/c23-14-5-7-15(8-6-14)28-20-19(22(24,25)26)13-27-21(30-20)29-16-9-11-18(12-10-16)31-17-3-1-2-4-17/h5-13,17H,1-4H2,(H2,27,28,29,30). The summed E-state index contributed by atoms with van der Waals surface area (Å²) in [6.07, 6.45) is 0.719. The average molecular weight is 432 g/mol. The lowest BCUT2D eigenvalue weighted by Gasteiger charge is -2.15. The van der Waals surface area contributed by atoms with Crippen molar-refractivity contribution in [2.24, 2.45) is 0 Å². The quantitative estimate of drug-likeness (QED) is 0.439. The predicted molar refractivity (Wildman–Crippen MR) is 109 cm³/mol. The number of alkyl halides is 3. The minimum atomic E-state index is -4.65. The fourth-order valence-electron chi connectivity index (χ4n) is 3.36. The molecule has 0 radical (unpaired) electrons. The molecule has 0 unspecified atom stereocenters. The molecule has 0 bridgehead atoms. The van der Waals surface area contributed by atoms with Crippen molar-refractivity contribution >= 4 is 23.1 Å². The molecule has 1 heterocycles. The summed E-state index contributed by atoms with van der Waals surface area (Å²) in [5.74, 6) is -0.198. The number of ether oxygens (including phenoxy) is 1. The molecule has 162 valence electrons. The lowest BCUT2D eigenvalue weighted by molar-refractivity contribution is -0.137. The highest BCUT2D eigenvalue weighted by atomic mass is 19.4. The highest BCUT2D eigenvalue weighted by Crippen LogP contribution is 2.35. The van der Waals surface area contributed by atoms with Gasteiger partial charge in [0.1, 0.15) is 22.9 Å². The maximum Gasteiger partial charge on any atom is 0.421 e. The van der Waals surface area contributed by atoms with Gasteiger partial charge in [0.05, 0.1) is 6.10 Å². The van der Waals surface area contributed by atoms with Gasteiger partial charge in [0.15, 0.2) is 0 Å². The Bertz CT molecular complexity index is 1020. The Hall–Kier alpha value is -3.36. The number of rotatable bonds is 6. The Morgan fingerprint density at radius 1 is 0.871 bits per heavy atom. The summed E-state index contributed by atoms with van der Waals surface area (Å²) in [6.45, 7) is 0. The van der Waals surface area contributed by atoms with Gasteiger partial charge in [-0.3, -0.25) is 0 Å². The largest absolute Gasteiger partial charge is 0.490 e. The van der Waals surface area contributed by atoms with Crippen LogP contribution in [-0.2, 0) is 6.18 Å². The summed E-state index contributed by atoms with van der Waals surface area (Å²) in [5, 5.41) is 5.48. The van der Waals surface area contributed by atoms with Gasteiger partial charge in [0, 0.05) is 17.6 Å². The molecule has 2 N–H and O–H groups in total. The molecule has 1 aromatic heterocycles. The molecule has 4 rings (SSSR count). The van der Waals surface area contributed by atoms with Gasteiger partial charge < -0.3 is 15.4 Å². The first-order chi connectivity index (χ1) is 14.9. The molecule has 9 heteroatoms. The Morgan fingerprint density at radius 2 is 1.48 bits per heavy atom. The van der Waals surface area contributed by atoms with Crippen LogP contribution in [0.2, 0.25) is 0 Å². The Balaban J connectivity index is 1.52. The summed E-state index contributed by atoms with van der Waals surface area (Å²) < 4.78 is 59.1. The van der Waals surface area contributed by atoms with Gasteiger partial charge >= 0.3 is 6.18 Å². The second-order valence-electron chi connectivity index (χ2n) is 7.26. The third kappa shape index (κ3) is 5.42. The minimum Gasteiger partial charge on any atom is -0.490 e. The van der Waals surface area contributed by atoms with Gasteiger partial charge in [0.2, 0.25) is 5.95 Å². The van der Waals surface area contributed by atoms with Gasteiger partial charge in [-0.2, -0.15) is 18.2 Å². The highest BCUT2D eigenvalue weighted by Gasteiger charge is 2.35. The van der Waals surface area contributed by atoms with E-state index >= 15 is 0 Å². The Morgan fingerprint density at radius 3 is 2.13 bits per heavy atom. The number of nitrogens with zero attached hydrogens (tertiary/aromatic N) is 2. The second-order valence-corrected chi connectivity index (χ2v) is 7.26. The molecular formula is C22H20F4N4O. The molecule has 5 nitrogen and oxygen atoms in total. The first-order valence-corrected chi connectivity index (χ1v) is 9.87. The van der Waals surface area contributed by atoms with Crippen LogP contribution in [0, 0.1) is 5.82 Å². The zero-order chi connectivity index (χ0) is 21.8. The lowest BCUT2D eigenvalue weighted by Crippen LogP contribution is -2.12. The van der Waals surface area contributed by atoms with E-state index in [9.17, 15) is 17.6 Å². The van der Waals surface area contributed by atoms with Crippen LogP contribution >= 0.6 is 0 Å². The van der Waals surface area contributed by atoms with Gasteiger partial charge in [-0.05, 0) is 74.2 Å².